The Bertz CT molecular complexity index is 508. The van der Waals surface area contributed by atoms with Crippen molar-refractivity contribution < 1.29 is 0 Å². The standard InChI is InChI=1S/C13H18N4/c1-17(2)9-8-16-13-11-4-3-5-12(14)10(11)6-7-15-13/h3-7H,8-9,14H2,1-2H3,(H,15,16). The van der Waals surface area contributed by atoms with E-state index in [1.54, 1.807) is 6.20 Å². The third-order valence-electron chi connectivity index (χ3n) is 2.69. The smallest absolute Gasteiger partial charge is 0.133 e. The number of anilines is 2. The summed E-state index contributed by atoms with van der Waals surface area (Å²) >= 11 is 0. The zero-order valence-corrected chi connectivity index (χ0v) is 10.3. The molecule has 0 saturated carbocycles. The highest BCUT2D eigenvalue weighted by molar-refractivity contribution is 5.99. The van der Waals surface area contributed by atoms with Gasteiger partial charge in [-0.3, -0.25) is 0 Å². The highest BCUT2D eigenvalue weighted by Gasteiger charge is 2.03. The van der Waals surface area contributed by atoms with Crippen molar-refractivity contribution in [1.29, 1.82) is 0 Å². The van der Waals surface area contributed by atoms with Gasteiger partial charge in [-0.25, -0.2) is 4.98 Å². The van der Waals surface area contributed by atoms with E-state index in [-0.39, 0.29) is 0 Å². The van der Waals surface area contributed by atoms with Crippen molar-refractivity contribution in [2.24, 2.45) is 0 Å². The maximum absolute atomic E-state index is 5.94. The molecule has 2 rings (SSSR count). The molecule has 4 heteroatoms. The van der Waals surface area contributed by atoms with Gasteiger partial charge in [0.1, 0.15) is 5.82 Å². The molecule has 0 bridgehead atoms. The van der Waals surface area contributed by atoms with Gasteiger partial charge in [-0.05, 0) is 26.2 Å². The van der Waals surface area contributed by atoms with Crippen LogP contribution in [0.25, 0.3) is 10.8 Å². The summed E-state index contributed by atoms with van der Waals surface area (Å²) in [5.41, 5.74) is 6.73. The number of benzene rings is 1. The molecule has 4 nitrogen and oxygen atoms in total. The van der Waals surface area contributed by atoms with Gasteiger partial charge >= 0.3 is 0 Å². The van der Waals surface area contributed by atoms with E-state index in [4.69, 9.17) is 5.73 Å². The van der Waals surface area contributed by atoms with E-state index < -0.39 is 0 Å². The van der Waals surface area contributed by atoms with Crippen LogP contribution < -0.4 is 11.1 Å². The van der Waals surface area contributed by atoms with Gasteiger partial charge in [0.25, 0.3) is 0 Å². The molecule has 0 fully saturated rings. The summed E-state index contributed by atoms with van der Waals surface area (Å²) in [5.74, 6) is 0.900. The van der Waals surface area contributed by atoms with E-state index in [1.165, 1.54) is 0 Å². The van der Waals surface area contributed by atoms with Crippen molar-refractivity contribution in [3.05, 3.63) is 30.5 Å². The van der Waals surface area contributed by atoms with Crippen molar-refractivity contribution >= 4 is 22.3 Å². The first-order chi connectivity index (χ1) is 8.18. The molecule has 1 aromatic heterocycles. The summed E-state index contributed by atoms with van der Waals surface area (Å²) in [6, 6.07) is 7.85. The van der Waals surface area contributed by atoms with Gasteiger partial charge in [0.05, 0.1) is 0 Å². The molecule has 0 saturated heterocycles. The summed E-state index contributed by atoms with van der Waals surface area (Å²) in [6.07, 6.45) is 1.79. The van der Waals surface area contributed by atoms with Crippen LogP contribution in [0.1, 0.15) is 0 Å². The molecule has 0 aliphatic carbocycles. The molecular weight excluding hydrogens is 212 g/mol. The molecule has 90 valence electrons. The zero-order chi connectivity index (χ0) is 12.3. The fraction of sp³-hybridized carbons (Fsp3) is 0.308. The minimum absolute atomic E-state index is 0.792. The number of hydrogen-bond acceptors (Lipinski definition) is 4. The van der Waals surface area contributed by atoms with Crippen molar-refractivity contribution in [3.63, 3.8) is 0 Å². The second-order valence-corrected chi connectivity index (χ2v) is 4.33. The SMILES string of the molecule is CN(C)CCNc1nccc2c(N)cccc12. The fourth-order valence-corrected chi connectivity index (χ4v) is 1.77. The number of likely N-dealkylation sites (N-methyl/N-ethyl adjacent to an activating group) is 1. The number of nitrogen functional groups attached to an aromatic ring is 1. The van der Waals surface area contributed by atoms with Crippen molar-refractivity contribution in [2.75, 3.05) is 38.2 Å². The van der Waals surface area contributed by atoms with Crippen molar-refractivity contribution in [3.8, 4) is 0 Å². The Morgan fingerprint density at radius 3 is 2.82 bits per heavy atom. The van der Waals surface area contributed by atoms with Crippen LogP contribution in [0, 0.1) is 0 Å². The maximum Gasteiger partial charge on any atom is 0.133 e. The minimum atomic E-state index is 0.792. The number of aromatic nitrogens is 1. The molecule has 1 aromatic carbocycles. The predicted molar refractivity (Wildman–Crippen MR) is 73.2 cm³/mol. The molecule has 0 radical (unpaired) electrons. The molecule has 0 spiro atoms. The Kier molecular flexibility index (Phi) is 3.44. The van der Waals surface area contributed by atoms with E-state index in [9.17, 15) is 0 Å². The van der Waals surface area contributed by atoms with E-state index in [0.717, 1.165) is 35.4 Å². The summed E-state index contributed by atoms with van der Waals surface area (Å²) in [7, 11) is 4.10. The first-order valence-electron chi connectivity index (χ1n) is 5.70. The van der Waals surface area contributed by atoms with Gasteiger partial charge in [-0.2, -0.15) is 0 Å². The molecule has 3 N–H and O–H groups in total. The second-order valence-electron chi connectivity index (χ2n) is 4.33. The van der Waals surface area contributed by atoms with Gasteiger partial charge < -0.3 is 16.0 Å². The molecule has 0 amide bonds. The highest BCUT2D eigenvalue weighted by Crippen LogP contribution is 2.25. The highest BCUT2D eigenvalue weighted by atomic mass is 15.1. The van der Waals surface area contributed by atoms with Crippen LogP contribution in [0.2, 0.25) is 0 Å². The normalized spacial score (nSPS) is 11.0. The summed E-state index contributed by atoms with van der Waals surface area (Å²) < 4.78 is 0. The molecule has 0 atom stereocenters. The van der Waals surface area contributed by atoms with Crippen LogP contribution in [-0.4, -0.2) is 37.1 Å². The number of nitrogens with one attached hydrogen (secondary N) is 1. The molecular formula is C13H18N4. The quantitative estimate of drug-likeness (QED) is 0.786. The number of fused-ring (bicyclic) bond motifs is 1. The van der Waals surface area contributed by atoms with E-state index in [2.05, 4.69) is 29.3 Å². The van der Waals surface area contributed by atoms with Crippen molar-refractivity contribution in [2.45, 2.75) is 0 Å². The minimum Gasteiger partial charge on any atom is -0.398 e. The van der Waals surface area contributed by atoms with Crippen LogP contribution in [0.5, 0.6) is 0 Å². The van der Waals surface area contributed by atoms with Gasteiger partial charge in [0, 0.05) is 35.7 Å². The van der Waals surface area contributed by atoms with E-state index in [0.29, 0.717) is 0 Å². The lowest BCUT2D eigenvalue weighted by molar-refractivity contribution is 0.425. The first kappa shape index (κ1) is 11.7. The Labute approximate surface area is 101 Å². The van der Waals surface area contributed by atoms with Gasteiger partial charge in [-0.15, -0.1) is 0 Å². The van der Waals surface area contributed by atoms with Gasteiger partial charge in [-0.1, -0.05) is 12.1 Å². The second kappa shape index (κ2) is 5.01. The summed E-state index contributed by atoms with van der Waals surface area (Å²) in [5, 5.41) is 5.46. The Morgan fingerprint density at radius 2 is 2.06 bits per heavy atom. The number of hydrogen-bond donors (Lipinski definition) is 2. The average molecular weight is 230 g/mol. The summed E-state index contributed by atoms with van der Waals surface area (Å²) in [6.45, 7) is 1.84. The Balaban J connectivity index is 2.25. The lowest BCUT2D eigenvalue weighted by Crippen LogP contribution is -2.21. The average Bonchev–Trinajstić information content (AvgIpc) is 2.30. The lowest BCUT2D eigenvalue weighted by Gasteiger charge is -2.12. The van der Waals surface area contributed by atoms with E-state index >= 15 is 0 Å². The molecule has 1 heterocycles. The topological polar surface area (TPSA) is 54.2 Å². The molecule has 0 aliphatic heterocycles. The van der Waals surface area contributed by atoms with Crippen LogP contribution >= 0.6 is 0 Å². The predicted octanol–water partition coefficient (Wildman–Crippen LogP) is 1.79. The van der Waals surface area contributed by atoms with Gasteiger partial charge in [0.2, 0.25) is 0 Å². The third kappa shape index (κ3) is 2.65. The number of nitrogens with zero attached hydrogens (tertiary/aromatic N) is 2. The largest absolute Gasteiger partial charge is 0.398 e. The molecule has 17 heavy (non-hydrogen) atoms. The third-order valence-corrected chi connectivity index (χ3v) is 2.69. The van der Waals surface area contributed by atoms with Crippen LogP contribution in [0.15, 0.2) is 30.5 Å². The number of nitrogens with two attached hydrogens (primary N) is 1. The first-order valence-corrected chi connectivity index (χ1v) is 5.70. The van der Waals surface area contributed by atoms with Crippen LogP contribution in [-0.2, 0) is 0 Å². The monoisotopic (exact) mass is 230 g/mol. The maximum atomic E-state index is 5.94. The van der Waals surface area contributed by atoms with Crippen molar-refractivity contribution in [1.82, 2.24) is 9.88 Å². The fourth-order valence-electron chi connectivity index (χ4n) is 1.77. The number of pyridine rings is 1. The Morgan fingerprint density at radius 1 is 1.24 bits per heavy atom. The summed E-state index contributed by atoms with van der Waals surface area (Å²) in [4.78, 5) is 6.49. The zero-order valence-electron chi connectivity index (χ0n) is 10.3. The number of rotatable bonds is 4. The van der Waals surface area contributed by atoms with Gasteiger partial charge in [0.15, 0.2) is 0 Å². The Hall–Kier alpha value is -1.81. The molecule has 0 unspecified atom stereocenters. The molecule has 2 aromatic rings. The van der Waals surface area contributed by atoms with Crippen LogP contribution in [0.4, 0.5) is 11.5 Å². The molecule has 0 aliphatic rings. The van der Waals surface area contributed by atoms with E-state index in [1.807, 2.05) is 24.3 Å². The lowest BCUT2D eigenvalue weighted by atomic mass is 10.1. The van der Waals surface area contributed by atoms with Crippen LogP contribution in [0.3, 0.4) is 0 Å².